The summed E-state index contributed by atoms with van der Waals surface area (Å²) in [5.74, 6) is 0. The molecule has 0 bridgehead atoms. The molecule has 0 unspecified atom stereocenters. The summed E-state index contributed by atoms with van der Waals surface area (Å²) in [4.78, 5) is 8.47. The number of hydrogen-bond acceptors (Lipinski definition) is 3. The molecule has 1 aromatic heterocycles. The molecule has 0 radical (unpaired) electrons. The second kappa shape index (κ2) is 4.20. The lowest BCUT2D eigenvalue weighted by Crippen LogP contribution is -2.27. The van der Waals surface area contributed by atoms with Crippen LogP contribution in [0.1, 0.15) is 23.9 Å². The van der Waals surface area contributed by atoms with Gasteiger partial charge in [-0.15, -0.1) is 11.3 Å². The topological polar surface area (TPSA) is 16.1 Å². The maximum Gasteiger partial charge on any atom is 0.0797 e. The van der Waals surface area contributed by atoms with Crippen LogP contribution in [-0.4, -0.2) is 29.5 Å². The Labute approximate surface area is 83.6 Å². The third kappa shape index (κ3) is 2.09. The molecule has 13 heavy (non-hydrogen) atoms. The average molecular weight is 196 g/mol. The summed E-state index contributed by atoms with van der Waals surface area (Å²) in [5, 5.41) is 0. The molecule has 72 valence electrons. The minimum absolute atomic E-state index is 1.15. The molecule has 2 nitrogen and oxygen atoms in total. The largest absolute Gasteiger partial charge is 0.303 e. The van der Waals surface area contributed by atoms with E-state index in [1.54, 1.807) is 0 Å². The molecule has 1 aliphatic heterocycles. The number of hydrogen-bond donors (Lipinski definition) is 0. The van der Waals surface area contributed by atoms with E-state index in [-0.39, 0.29) is 0 Å². The average Bonchev–Trinajstić information content (AvgIpc) is 2.50. The van der Waals surface area contributed by atoms with Crippen molar-refractivity contribution >= 4 is 11.3 Å². The molecule has 1 aliphatic rings. The standard InChI is InChI=1S/C10H16N2S/c1-2-5-12-6-3-9-10(4-7-12)13-8-11-9/h8H,2-7H2,1H3. The van der Waals surface area contributed by atoms with E-state index >= 15 is 0 Å². The van der Waals surface area contributed by atoms with Crippen LogP contribution in [0, 0.1) is 0 Å². The number of aromatic nitrogens is 1. The third-order valence-corrected chi connectivity index (χ3v) is 3.52. The second-order valence-corrected chi connectivity index (χ2v) is 4.50. The van der Waals surface area contributed by atoms with Gasteiger partial charge in [0.2, 0.25) is 0 Å². The Bertz CT molecular complexity index is 247. The summed E-state index contributed by atoms with van der Waals surface area (Å²) >= 11 is 1.82. The van der Waals surface area contributed by atoms with Crippen LogP contribution in [0.5, 0.6) is 0 Å². The summed E-state index contributed by atoms with van der Waals surface area (Å²) < 4.78 is 0. The van der Waals surface area contributed by atoms with Crippen LogP contribution in [0.3, 0.4) is 0 Å². The van der Waals surface area contributed by atoms with Crippen molar-refractivity contribution < 1.29 is 0 Å². The van der Waals surface area contributed by atoms with E-state index < -0.39 is 0 Å². The van der Waals surface area contributed by atoms with Crippen molar-refractivity contribution in [2.24, 2.45) is 0 Å². The maximum atomic E-state index is 4.40. The Morgan fingerprint density at radius 1 is 1.46 bits per heavy atom. The van der Waals surface area contributed by atoms with Crippen LogP contribution in [0.15, 0.2) is 5.51 Å². The lowest BCUT2D eigenvalue weighted by molar-refractivity contribution is 0.288. The highest BCUT2D eigenvalue weighted by atomic mass is 32.1. The number of fused-ring (bicyclic) bond motifs is 1. The molecule has 0 fully saturated rings. The number of rotatable bonds is 2. The first-order valence-corrected chi connectivity index (χ1v) is 5.91. The van der Waals surface area contributed by atoms with E-state index in [0.717, 1.165) is 6.42 Å². The van der Waals surface area contributed by atoms with Gasteiger partial charge in [-0.25, -0.2) is 4.98 Å². The zero-order valence-corrected chi connectivity index (χ0v) is 8.94. The van der Waals surface area contributed by atoms with E-state index in [2.05, 4.69) is 16.8 Å². The van der Waals surface area contributed by atoms with Crippen molar-refractivity contribution in [3.05, 3.63) is 16.1 Å². The Morgan fingerprint density at radius 2 is 2.31 bits per heavy atom. The minimum atomic E-state index is 1.15. The van der Waals surface area contributed by atoms with Gasteiger partial charge in [-0.3, -0.25) is 0 Å². The molecule has 0 aromatic carbocycles. The van der Waals surface area contributed by atoms with Gasteiger partial charge >= 0.3 is 0 Å². The molecule has 0 aliphatic carbocycles. The van der Waals surface area contributed by atoms with Crippen LogP contribution in [0.4, 0.5) is 0 Å². The SMILES string of the molecule is CCCN1CCc2ncsc2CC1. The van der Waals surface area contributed by atoms with Crippen molar-refractivity contribution in [3.8, 4) is 0 Å². The molecule has 2 rings (SSSR count). The van der Waals surface area contributed by atoms with E-state index in [0.29, 0.717) is 0 Å². The fraction of sp³-hybridized carbons (Fsp3) is 0.700. The Kier molecular flexibility index (Phi) is 2.96. The maximum absolute atomic E-state index is 4.40. The minimum Gasteiger partial charge on any atom is -0.303 e. The van der Waals surface area contributed by atoms with Crippen molar-refractivity contribution in [2.75, 3.05) is 19.6 Å². The molecule has 0 saturated carbocycles. The predicted molar refractivity (Wildman–Crippen MR) is 56.3 cm³/mol. The first-order chi connectivity index (χ1) is 6.40. The lowest BCUT2D eigenvalue weighted by Gasteiger charge is -2.17. The Morgan fingerprint density at radius 3 is 3.15 bits per heavy atom. The van der Waals surface area contributed by atoms with Gasteiger partial charge in [0.15, 0.2) is 0 Å². The normalized spacial score (nSPS) is 18.2. The zero-order valence-electron chi connectivity index (χ0n) is 8.12. The van der Waals surface area contributed by atoms with Gasteiger partial charge in [-0.1, -0.05) is 6.92 Å². The molecule has 0 spiro atoms. The molecule has 3 heteroatoms. The van der Waals surface area contributed by atoms with Gasteiger partial charge in [0.05, 0.1) is 11.2 Å². The molecule has 2 heterocycles. The van der Waals surface area contributed by atoms with E-state index in [9.17, 15) is 0 Å². The molecule has 0 saturated heterocycles. The monoisotopic (exact) mass is 196 g/mol. The summed E-state index contributed by atoms with van der Waals surface area (Å²) in [6.07, 6.45) is 3.62. The highest BCUT2D eigenvalue weighted by Gasteiger charge is 2.14. The van der Waals surface area contributed by atoms with Gasteiger partial charge in [0.25, 0.3) is 0 Å². The van der Waals surface area contributed by atoms with E-state index in [1.165, 1.54) is 43.0 Å². The first-order valence-electron chi connectivity index (χ1n) is 5.03. The summed E-state index contributed by atoms with van der Waals surface area (Å²) in [6.45, 7) is 5.92. The number of thiazole rings is 1. The molecular weight excluding hydrogens is 180 g/mol. The van der Waals surface area contributed by atoms with Crippen molar-refractivity contribution in [3.63, 3.8) is 0 Å². The second-order valence-electron chi connectivity index (χ2n) is 3.56. The fourth-order valence-electron chi connectivity index (χ4n) is 1.88. The van der Waals surface area contributed by atoms with Gasteiger partial charge in [-0.05, 0) is 19.4 Å². The molecule has 0 N–H and O–H groups in total. The number of nitrogens with zero attached hydrogens (tertiary/aromatic N) is 2. The van der Waals surface area contributed by atoms with Crippen molar-refractivity contribution in [1.29, 1.82) is 0 Å². The highest BCUT2D eigenvalue weighted by molar-refractivity contribution is 7.09. The lowest BCUT2D eigenvalue weighted by atomic mass is 10.2. The van der Waals surface area contributed by atoms with Gasteiger partial charge < -0.3 is 4.90 Å². The van der Waals surface area contributed by atoms with Crippen LogP contribution in [0.2, 0.25) is 0 Å². The first kappa shape index (κ1) is 9.16. The highest BCUT2D eigenvalue weighted by Crippen LogP contribution is 2.18. The van der Waals surface area contributed by atoms with E-state index in [1.807, 2.05) is 16.8 Å². The van der Waals surface area contributed by atoms with Crippen molar-refractivity contribution in [1.82, 2.24) is 9.88 Å². The Hall–Kier alpha value is -0.410. The quantitative estimate of drug-likeness (QED) is 0.719. The third-order valence-electron chi connectivity index (χ3n) is 2.59. The van der Waals surface area contributed by atoms with Gasteiger partial charge in [0.1, 0.15) is 0 Å². The van der Waals surface area contributed by atoms with Crippen molar-refractivity contribution in [2.45, 2.75) is 26.2 Å². The van der Waals surface area contributed by atoms with Gasteiger partial charge in [-0.2, -0.15) is 0 Å². The van der Waals surface area contributed by atoms with Gasteiger partial charge in [0, 0.05) is 24.4 Å². The van der Waals surface area contributed by atoms with E-state index in [4.69, 9.17) is 0 Å². The molecule has 0 atom stereocenters. The zero-order chi connectivity index (χ0) is 9.10. The predicted octanol–water partition coefficient (Wildman–Crippen LogP) is 1.95. The smallest absolute Gasteiger partial charge is 0.0797 e. The van der Waals surface area contributed by atoms with Crippen LogP contribution in [0.25, 0.3) is 0 Å². The molecule has 0 amide bonds. The summed E-state index contributed by atoms with van der Waals surface area (Å²) in [5.41, 5.74) is 3.34. The van der Waals surface area contributed by atoms with Crippen LogP contribution >= 0.6 is 11.3 Å². The van der Waals surface area contributed by atoms with Crippen LogP contribution in [-0.2, 0) is 12.8 Å². The van der Waals surface area contributed by atoms with Crippen LogP contribution < -0.4 is 0 Å². The Balaban J connectivity index is 2.00. The summed E-state index contributed by atoms with van der Waals surface area (Å²) in [7, 11) is 0. The summed E-state index contributed by atoms with van der Waals surface area (Å²) in [6, 6.07) is 0. The fourth-order valence-corrected chi connectivity index (χ4v) is 2.68. The molecular formula is C10H16N2S. The molecule has 1 aromatic rings.